The van der Waals surface area contributed by atoms with Crippen LogP contribution in [0.5, 0.6) is 11.5 Å². The van der Waals surface area contributed by atoms with Gasteiger partial charge in [0.25, 0.3) is 11.7 Å². The molecule has 0 spiro atoms. The molecule has 0 radical (unpaired) electrons. The molecule has 33 heavy (non-hydrogen) atoms. The first-order chi connectivity index (χ1) is 15.9. The third-order valence-corrected chi connectivity index (χ3v) is 7.01. The number of methoxy groups -OCH3 is 2. The Balaban J connectivity index is 1.69. The number of likely N-dealkylation sites (tertiary alicyclic amines) is 1. The third-order valence-electron chi connectivity index (χ3n) is 5.56. The summed E-state index contributed by atoms with van der Waals surface area (Å²) >= 11 is 4.82. The number of ether oxygens (including phenoxy) is 2. The monoisotopic (exact) mass is 527 g/mol. The van der Waals surface area contributed by atoms with E-state index in [2.05, 4.69) is 15.9 Å². The van der Waals surface area contributed by atoms with Crippen LogP contribution in [0.4, 0.5) is 0 Å². The highest BCUT2D eigenvalue weighted by atomic mass is 79.9. The van der Waals surface area contributed by atoms with Crippen LogP contribution in [-0.2, 0) is 16.0 Å². The number of carbonyl (C=O) groups is 2. The Morgan fingerprint density at radius 1 is 1.06 bits per heavy atom. The first-order valence-corrected chi connectivity index (χ1v) is 11.9. The maximum atomic E-state index is 13.0. The average Bonchev–Trinajstić information content (AvgIpc) is 3.44. The van der Waals surface area contributed by atoms with E-state index >= 15 is 0 Å². The molecule has 1 N–H and O–H groups in total. The highest BCUT2D eigenvalue weighted by Gasteiger charge is 2.46. The Morgan fingerprint density at radius 3 is 2.42 bits per heavy atom. The van der Waals surface area contributed by atoms with Gasteiger partial charge in [-0.15, -0.1) is 11.3 Å². The van der Waals surface area contributed by atoms with Gasteiger partial charge in [0.05, 0.1) is 25.8 Å². The number of amides is 1. The lowest BCUT2D eigenvalue weighted by Crippen LogP contribution is -2.31. The molecule has 1 fully saturated rings. The van der Waals surface area contributed by atoms with Gasteiger partial charge in [0.2, 0.25) is 0 Å². The second-order valence-electron chi connectivity index (χ2n) is 7.45. The molecule has 0 aliphatic carbocycles. The first kappa shape index (κ1) is 23.1. The molecule has 6 nitrogen and oxygen atoms in total. The van der Waals surface area contributed by atoms with Crippen LogP contribution in [0.1, 0.15) is 22.0 Å². The largest absolute Gasteiger partial charge is 0.507 e. The van der Waals surface area contributed by atoms with E-state index in [9.17, 15) is 14.7 Å². The van der Waals surface area contributed by atoms with E-state index in [0.29, 0.717) is 30.0 Å². The molecule has 0 saturated carbocycles. The van der Waals surface area contributed by atoms with Gasteiger partial charge in [0.1, 0.15) is 5.76 Å². The predicted molar refractivity (Wildman–Crippen MR) is 131 cm³/mol. The number of hydrogen-bond acceptors (Lipinski definition) is 6. The molecular formula is C25H22BrNO5S. The lowest BCUT2D eigenvalue weighted by molar-refractivity contribution is -0.139. The summed E-state index contributed by atoms with van der Waals surface area (Å²) in [5, 5.41) is 12.9. The minimum Gasteiger partial charge on any atom is -0.507 e. The summed E-state index contributed by atoms with van der Waals surface area (Å²) in [6, 6.07) is 15.7. The van der Waals surface area contributed by atoms with E-state index in [4.69, 9.17) is 9.47 Å². The number of halogens is 1. The number of hydrogen-bond donors (Lipinski definition) is 1. The molecule has 1 aromatic heterocycles. The fourth-order valence-corrected chi connectivity index (χ4v) is 5.01. The Morgan fingerprint density at radius 2 is 1.79 bits per heavy atom. The summed E-state index contributed by atoms with van der Waals surface area (Å²) in [7, 11) is 3.14. The van der Waals surface area contributed by atoms with Crippen LogP contribution in [0.25, 0.3) is 5.76 Å². The summed E-state index contributed by atoms with van der Waals surface area (Å²) in [5.41, 5.74) is 1.53. The summed E-state index contributed by atoms with van der Waals surface area (Å²) in [6.07, 6.45) is 0.508. The number of benzene rings is 2. The molecule has 1 unspecified atom stereocenters. The van der Waals surface area contributed by atoms with Crippen molar-refractivity contribution < 1.29 is 24.2 Å². The van der Waals surface area contributed by atoms with Crippen LogP contribution in [0.15, 0.2) is 70.0 Å². The Kier molecular flexibility index (Phi) is 6.85. The molecule has 2 heterocycles. The summed E-state index contributed by atoms with van der Waals surface area (Å²) < 4.78 is 11.5. The fourth-order valence-electron chi connectivity index (χ4n) is 3.90. The van der Waals surface area contributed by atoms with Gasteiger partial charge >= 0.3 is 0 Å². The maximum Gasteiger partial charge on any atom is 0.295 e. The number of thiophene rings is 1. The Labute approximate surface area is 204 Å². The van der Waals surface area contributed by atoms with Crippen molar-refractivity contribution in [2.45, 2.75) is 12.5 Å². The SMILES string of the molecule is COc1ccc(CCN2C(=O)C(=O)/C(=C(\O)c3ccc(Br)cc3)C2c2cccs2)cc1OC. The number of nitrogens with zero attached hydrogens (tertiary/aromatic N) is 1. The molecule has 4 rings (SSSR count). The van der Waals surface area contributed by atoms with Gasteiger partial charge in [-0.3, -0.25) is 9.59 Å². The predicted octanol–water partition coefficient (Wildman–Crippen LogP) is 5.19. The quantitative estimate of drug-likeness (QED) is 0.260. The Hall–Kier alpha value is -3.10. The molecule has 3 aromatic rings. The number of carbonyl (C=O) groups excluding carboxylic acids is 2. The van der Waals surface area contributed by atoms with Crippen LogP contribution in [0, 0.1) is 0 Å². The summed E-state index contributed by atoms with van der Waals surface area (Å²) in [4.78, 5) is 28.4. The van der Waals surface area contributed by atoms with Crippen LogP contribution in [0.3, 0.4) is 0 Å². The summed E-state index contributed by atoms with van der Waals surface area (Å²) in [5.74, 6) is -0.251. The third kappa shape index (κ3) is 4.54. The number of aliphatic hydroxyl groups excluding tert-OH is 1. The van der Waals surface area contributed by atoms with Crippen molar-refractivity contribution in [3.63, 3.8) is 0 Å². The lowest BCUT2D eigenvalue weighted by Gasteiger charge is -2.24. The van der Waals surface area contributed by atoms with Gasteiger partial charge in [0.15, 0.2) is 11.5 Å². The standard InChI is InChI=1S/C25H22BrNO5S/c1-31-18-10-5-15(14-19(18)32-2)11-12-27-22(20-4-3-13-33-20)21(24(29)25(27)30)23(28)16-6-8-17(26)9-7-16/h3-10,13-14,22,28H,11-12H2,1-2H3/b23-21-. The van der Waals surface area contributed by atoms with E-state index in [1.54, 1.807) is 38.5 Å². The van der Waals surface area contributed by atoms with Crippen molar-refractivity contribution in [1.82, 2.24) is 4.90 Å². The van der Waals surface area contributed by atoms with Gasteiger partial charge in [0, 0.05) is 21.5 Å². The van der Waals surface area contributed by atoms with Gasteiger partial charge in [-0.25, -0.2) is 0 Å². The molecule has 0 bridgehead atoms. The molecule has 1 aliphatic rings. The normalized spacial score (nSPS) is 17.4. The number of ketones is 1. The van der Waals surface area contributed by atoms with Gasteiger partial charge in [-0.1, -0.05) is 40.2 Å². The van der Waals surface area contributed by atoms with Gasteiger partial charge in [-0.05, 0) is 47.7 Å². The first-order valence-electron chi connectivity index (χ1n) is 10.2. The van der Waals surface area contributed by atoms with E-state index in [0.717, 1.165) is 14.9 Å². The zero-order valence-corrected chi connectivity index (χ0v) is 20.5. The van der Waals surface area contributed by atoms with E-state index in [-0.39, 0.29) is 11.3 Å². The van der Waals surface area contributed by atoms with E-state index in [1.807, 2.05) is 35.7 Å². The van der Waals surface area contributed by atoms with Crippen LogP contribution in [-0.4, -0.2) is 42.5 Å². The lowest BCUT2D eigenvalue weighted by atomic mass is 10.00. The van der Waals surface area contributed by atoms with Crippen molar-refractivity contribution in [3.05, 3.63) is 86.0 Å². The van der Waals surface area contributed by atoms with E-state index < -0.39 is 17.7 Å². The molecule has 2 aromatic carbocycles. The molecule has 1 saturated heterocycles. The molecule has 1 atom stereocenters. The van der Waals surface area contributed by atoms with Crippen molar-refractivity contribution in [3.8, 4) is 11.5 Å². The Bertz CT molecular complexity index is 1200. The van der Waals surface area contributed by atoms with Crippen molar-refractivity contribution in [2.75, 3.05) is 20.8 Å². The van der Waals surface area contributed by atoms with Crippen LogP contribution in [0.2, 0.25) is 0 Å². The van der Waals surface area contributed by atoms with E-state index in [1.165, 1.54) is 16.2 Å². The highest BCUT2D eigenvalue weighted by Crippen LogP contribution is 2.41. The van der Waals surface area contributed by atoms with Crippen LogP contribution < -0.4 is 9.47 Å². The van der Waals surface area contributed by atoms with Gasteiger partial charge in [-0.2, -0.15) is 0 Å². The fraction of sp³-hybridized carbons (Fsp3) is 0.200. The minimum absolute atomic E-state index is 0.108. The minimum atomic E-state index is -0.680. The number of Topliss-reactive ketones (excluding diaryl/α,β-unsaturated/α-hetero) is 1. The molecular weight excluding hydrogens is 506 g/mol. The zero-order valence-electron chi connectivity index (χ0n) is 18.1. The maximum absolute atomic E-state index is 13.0. The highest BCUT2D eigenvalue weighted by molar-refractivity contribution is 9.10. The zero-order chi connectivity index (χ0) is 23.5. The smallest absolute Gasteiger partial charge is 0.295 e. The topological polar surface area (TPSA) is 76.1 Å². The average molecular weight is 528 g/mol. The van der Waals surface area contributed by atoms with Crippen molar-refractivity contribution in [2.24, 2.45) is 0 Å². The number of rotatable bonds is 7. The second-order valence-corrected chi connectivity index (χ2v) is 9.35. The van der Waals surface area contributed by atoms with Gasteiger partial charge < -0.3 is 19.5 Å². The second kappa shape index (κ2) is 9.80. The number of aliphatic hydroxyl groups is 1. The molecule has 170 valence electrons. The summed E-state index contributed by atoms with van der Waals surface area (Å²) in [6.45, 7) is 0.305. The molecule has 8 heteroatoms. The molecule has 1 amide bonds. The van der Waals surface area contributed by atoms with Crippen LogP contribution >= 0.6 is 27.3 Å². The van der Waals surface area contributed by atoms with Crippen molar-refractivity contribution >= 4 is 44.7 Å². The molecule has 1 aliphatic heterocycles. The van der Waals surface area contributed by atoms with Crippen molar-refractivity contribution in [1.29, 1.82) is 0 Å².